The van der Waals surface area contributed by atoms with Crippen LogP contribution in [0.15, 0.2) is 35.7 Å². The molecule has 1 aromatic heterocycles. The maximum Gasteiger partial charge on any atom is 0.255 e. The lowest BCUT2D eigenvalue weighted by molar-refractivity contribution is 0.0753. The molecule has 0 aliphatic rings. The zero-order chi connectivity index (χ0) is 14.5. The molecule has 0 saturated heterocycles. The number of nitrogens with zero attached hydrogens (tertiary/aromatic N) is 2. The van der Waals surface area contributed by atoms with Gasteiger partial charge in [-0.25, -0.2) is 0 Å². The van der Waals surface area contributed by atoms with Gasteiger partial charge in [-0.2, -0.15) is 5.26 Å². The van der Waals surface area contributed by atoms with Crippen molar-refractivity contribution in [3.8, 4) is 6.07 Å². The third-order valence-electron chi connectivity index (χ3n) is 2.98. The smallest absolute Gasteiger partial charge is 0.255 e. The monoisotopic (exact) mass is 396 g/mol. The van der Waals surface area contributed by atoms with Gasteiger partial charge in [0.15, 0.2) is 0 Å². The van der Waals surface area contributed by atoms with Crippen LogP contribution in [0.1, 0.15) is 28.4 Å². The van der Waals surface area contributed by atoms with E-state index in [1.807, 2.05) is 36.6 Å². The first kappa shape index (κ1) is 15.0. The fraction of sp³-hybridized carbons (Fsp3) is 0.200. The van der Waals surface area contributed by atoms with Crippen LogP contribution in [-0.4, -0.2) is 17.4 Å². The van der Waals surface area contributed by atoms with Crippen molar-refractivity contribution in [3.63, 3.8) is 0 Å². The van der Waals surface area contributed by atoms with Crippen molar-refractivity contribution < 1.29 is 4.79 Å². The van der Waals surface area contributed by atoms with Gasteiger partial charge >= 0.3 is 0 Å². The third-order valence-corrected chi connectivity index (χ3v) is 4.77. The van der Waals surface area contributed by atoms with Gasteiger partial charge in [0.1, 0.15) is 0 Å². The van der Waals surface area contributed by atoms with E-state index in [1.54, 1.807) is 22.3 Å². The Balaban J connectivity index is 2.21. The van der Waals surface area contributed by atoms with Crippen molar-refractivity contribution in [2.45, 2.75) is 13.5 Å². The van der Waals surface area contributed by atoms with E-state index in [0.29, 0.717) is 18.7 Å². The van der Waals surface area contributed by atoms with Gasteiger partial charge in [0.25, 0.3) is 5.91 Å². The van der Waals surface area contributed by atoms with E-state index in [1.165, 1.54) is 0 Å². The molecule has 0 fully saturated rings. The zero-order valence-corrected chi connectivity index (χ0v) is 13.9. The van der Waals surface area contributed by atoms with Crippen LogP contribution in [0.4, 0.5) is 0 Å². The molecule has 0 aliphatic heterocycles. The van der Waals surface area contributed by atoms with Gasteiger partial charge in [-0.1, -0.05) is 18.2 Å². The first-order valence-corrected chi connectivity index (χ1v) is 8.13. The van der Waals surface area contributed by atoms with Gasteiger partial charge < -0.3 is 4.90 Å². The second-order valence-electron chi connectivity index (χ2n) is 4.23. The molecule has 1 heterocycles. The highest BCUT2D eigenvalue weighted by Crippen LogP contribution is 2.19. The topological polar surface area (TPSA) is 44.1 Å². The molecule has 0 bridgehead atoms. The highest BCUT2D eigenvalue weighted by atomic mass is 127. The molecule has 0 N–H and O–H groups in total. The number of carbonyl (C=O) groups excluding carboxylic acids is 1. The van der Waals surface area contributed by atoms with E-state index in [-0.39, 0.29) is 5.91 Å². The quantitative estimate of drug-likeness (QED) is 0.737. The van der Waals surface area contributed by atoms with Crippen LogP contribution in [0.5, 0.6) is 0 Å². The molecule has 3 nitrogen and oxygen atoms in total. The summed E-state index contributed by atoms with van der Waals surface area (Å²) in [5.41, 5.74) is 2.23. The Bertz CT molecular complexity index is 660. The summed E-state index contributed by atoms with van der Waals surface area (Å²) >= 11 is 3.77. The second kappa shape index (κ2) is 6.86. The fourth-order valence-electron chi connectivity index (χ4n) is 1.90. The molecule has 2 rings (SSSR count). The van der Waals surface area contributed by atoms with E-state index in [4.69, 9.17) is 5.26 Å². The Hall–Kier alpha value is -1.39. The lowest BCUT2D eigenvalue weighted by Gasteiger charge is -2.21. The summed E-state index contributed by atoms with van der Waals surface area (Å²) in [6.45, 7) is 3.03. The number of amides is 1. The normalized spacial score (nSPS) is 10.1. The Kier molecular flexibility index (Phi) is 5.15. The van der Waals surface area contributed by atoms with E-state index >= 15 is 0 Å². The lowest BCUT2D eigenvalue weighted by atomic mass is 10.1. The minimum atomic E-state index is 0.0133. The SMILES string of the molecule is CCN(Cc1ccccc1C#N)C(=O)c1csc(I)c1. The molecule has 0 atom stereocenters. The molecule has 0 radical (unpaired) electrons. The average Bonchev–Trinajstić information content (AvgIpc) is 2.91. The van der Waals surface area contributed by atoms with Crippen molar-refractivity contribution in [3.05, 3.63) is 55.3 Å². The van der Waals surface area contributed by atoms with Crippen LogP contribution < -0.4 is 0 Å². The standard InChI is InChI=1S/C15H13IN2OS/c1-2-18(15(19)13-7-14(16)20-10-13)9-12-6-4-3-5-11(12)8-17/h3-7,10H,2,9H2,1H3. The summed E-state index contributed by atoms with van der Waals surface area (Å²) < 4.78 is 1.10. The minimum Gasteiger partial charge on any atom is -0.335 e. The fourth-order valence-corrected chi connectivity index (χ4v) is 3.23. The maximum atomic E-state index is 12.4. The van der Waals surface area contributed by atoms with E-state index < -0.39 is 0 Å². The number of hydrogen-bond donors (Lipinski definition) is 0. The molecule has 1 amide bonds. The molecular formula is C15H13IN2OS. The predicted octanol–water partition coefficient (Wildman–Crippen LogP) is 3.89. The van der Waals surface area contributed by atoms with Crippen LogP contribution in [0, 0.1) is 14.2 Å². The van der Waals surface area contributed by atoms with Crippen molar-refractivity contribution in [2.24, 2.45) is 0 Å². The number of halogens is 1. The Morgan fingerprint density at radius 2 is 2.20 bits per heavy atom. The Morgan fingerprint density at radius 1 is 1.45 bits per heavy atom. The molecule has 0 aliphatic carbocycles. The van der Waals surface area contributed by atoms with Gasteiger partial charge in [-0.05, 0) is 47.2 Å². The molecular weight excluding hydrogens is 383 g/mol. The lowest BCUT2D eigenvalue weighted by Crippen LogP contribution is -2.30. The highest BCUT2D eigenvalue weighted by molar-refractivity contribution is 14.1. The van der Waals surface area contributed by atoms with Crippen molar-refractivity contribution in [2.75, 3.05) is 6.54 Å². The van der Waals surface area contributed by atoms with Crippen LogP contribution in [0.2, 0.25) is 0 Å². The molecule has 5 heteroatoms. The van der Waals surface area contributed by atoms with E-state index in [2.05, 4.69) is 28.7 Å². The van der Waals surface area contributed by atoms with Gasteiger partial charge in [-0.15, -0.1) is 11.3 Å². The summed E-state index contributed by atoms with van der Waals surface area (Å²) in [5.74, 6) is 0.0133. The Morgan fingerprint density at radius 3 is 2.80 bits per heavy atom. The second-order valence-corrected chi connectivity index (χ2v) is 7.03. The van der Waals surface area contributed by atoms with Crippen molar-refractivity contribution >= 4 is 39.8 Å². The summed E-state index contributed by atoms with van der Waals surface area (Å²) in [6, 6.07) is 11.5. The zero-order valence-electron chi connectivity index (χ0n) is 11.0. The van der Waals surface area contributed by atoms with Crippen LogP contribution >= 0.6 is 33.9 Å². The Labute approximate surface area is 136 Å². The van der Waals surface area contributed by atoms with Crippen LogP contribution in [0.25, 0.3) is 0 Å². The summed E-state index contributed by atoms with van der Waals surface area (Å²) in [5, 5.41) is 11.0. The van der Waals surface area contributed by atoms with Crippen molar-refractivity contribution in [1.29, 1.82) is 5.26 Å². The van der Waals surface area contributed by atoms with Crippen LogP contribution in [0.3, 0.4) is 0 Å². The summed E-state index contributed by atoms with van der Waals surface area (Å²) in [4.78, 5) is 14.2. The average molecular weight is 396 g/mol. The largest absolute Gasteiger partial charge is 0.335 e. The summed E-state index contributed by atoms with van der Waals surface area (Å²) in [6.07, 6.45) is 0. The number of carbonyl (C=O) groups is 1. The third kappa shape index (κ3) is 3.38. The molecule has 1 aromatic carbocycles. The van der Waals surface area contributed by atoms with Crippen LogP contribution in [-0.2, 0) is 6.54 Å². The highest BCUT2D eigenvalue weighted by Gasteiger charge is 2.17. The van der Waals surface area contributed by atoms with Gasteiger partial charge in [0.2, 0.25) is 0 Å². The van der Waals surface area contributed by atoms with Gasteiger partial charge in [0.05, 0.1) is 20.1 Å². The molecule has 0 saturated carbocycles. The molecule has 102 valence electrons. The predicted molar refractivity (Wildman–Crippen MR) is 88.6 cm³/mol. The van der Waals surface area contributed by atoms with E-state index in [9.17, 15) is 4.79 Å². The van der Waals surface area contributed by atoms with Gasteiger partial charge in [-0.3, -0.25) is 4.79 Å². The molecule has 0 spiro atoms. The first-order chi connectivity index (χ1) is 9.65. The van der Waals surface area contributed by atoms with Gasteiger partial charge in [0, 0.05) is 18.5 Å². The summed E-state index contributed by atoms with van der Waals surface area (Å²) in [7, 11) is 0. The van der Waals surface area contributed by atoms with E-state index in [0.717, 1.165) is 14.0 Å². The number of nitriles is 1. The maximum absolute atomic E-state index is 12.4. The molecule has 0 unspecified atom stereocenters. The molecule has 2 aromatic rings. The number of hydrogen-bond acceptors (Lipinski definition) is 3. The van der Waals surface area contributed by atoms with Crippen molar-refractivity contribution in [1.82, 2.24) is 4.90 Å². The number of thiophene rings is 1. The number of benzene rings is 1. The minimum absolute atomic E-state index is 0.0133. The number of rotatable bonds is 4. The molecule has 20 heavy (non-hydrogen) atoms. The first-order valence-electron chi connectivity index (χ1n) is 6.17.